The highest BCUT2D eigenvalue weighted by Gasteiger charge is 2.34. The van der Waals surface area contributed by atoms with Gasteiger partial charge in [-0.2, -0.15) is 13.5 Å². The largest absolute Gasteiger partial charge is 0.355 e. The Hall–Kier alpha value is -3.17. The maximum Gasteiger partial charge on any atom is 0.285 e. The molecule has 2 aliphatic heterocycles. The molecule has 2 aliphatic rings. The van der Waals surface area contributed by atoms with Crippen molar-refractivity contribution in [2.75, 3.05) is 18.4 Å². The van der Waals surface area contributed by atoms with Crippen LogP contribution in [0.3, 0.4) is 0 Å². The quantitative estimate of drug-likeness (QED) is 0.613. The Morgan fingerprint density at radius 3 is 2.58 bits per heavy atom. The number of benzene rings is 2. The van der Waals surface area contributed by atoms with Gasteiger partial charge in [0.05, 0.1) is 12.7 Å². The second kappa shape index (κ2) is 8.64. The van der Waals surface area contributed by atoms with Crippen molar-refractivity contribution in [1.29, 1.82) is 0 Å². The van der Waals surface area contributed by atoms with Gasteiger partial charge in [0.25, 0.3) is 10.0 Å². The first-order valence-electron chi connectivity index (χ1n) is 10.7. The molecule has 0 saturated carbocycles. The Bertz CT molecular complexity index is 1340. The molecule has 10 heteroatoms. The van der Waals surface area contributed by atoms with E-state index >= 15 is 0 Å². The van der Waals surface area contributed by atoms with Gasteiger partial charge in [0.2, 0.25) is 5.91 Å². The molecule has 1 aromatic heterocycles. The van der Waals surface area contributed by atoms with Crippen LogP contribution in [0.5, 0.6) is 0 Å². The average Bonchev–Trinajstić information content (AvgIpc) is 3.37. The number of likely N-dealkylation sites (tertiary alicyclic amines) is 1. The molecular formula is C23H22ClN5O3S. The van der Waals surface area contributed by atoms with Crippen molar-refractivity contribution in [3.05, 3.63) is 76.9 Å². The van der Waals surface area contributed by atoms with E-state index in [0.29, 0.717) is 54.7 Å². The first kappa shape index (κ1) is 21.7. The number of aromatic nitrogens is 2. The van der Waals surface area contributed by atoms with Crippen LogP contribution in [0.1, 0.15) is 24.0 Å². The molecule has 5 rings (SSSR count). The molecule has 0 radical (unpaired) electrons. The number of carbonyl (C=O) groups excluding carboxylic acids is 1. The number of hydrogen-bond donors (Lipinski definition) is 1. The fourth-order valence-electron chi connectivity index (χ4n) is 4.25. The summed E-state index contributed by atoms with van der Waals surface area (Å²) in [4.78, 5) is 15.1. The molecule has 3 aromatic rings. The molecular weight excluding hydrogens is 462 g/mol. The van der Waals surface area contributed by atoms with E-state index in [0.717, 1.165) is 5.56 Å². The van der Waals surface area contributed by atoms with Crippen LogP contribution >= 0.6 is 11.6 Å². The van der Waals surface area contributed by atoms with Gasteiger partial charge in [0.1, 0.15) is 10.7 Å². The second-order valence-electron chi connectivity index (χ2n) is 8.10. The minimum atomic E-state index is -3.65. The van der Waals surface area contributed by atoms with Crippen LogP contribution in [0.2, 0.25) is 5.02 Å². The van der Waals surface area contributed by atoms with Gasteiger partial charge < -0.3 is 10.2 Å². The summed E-state index contributed by atoms with van der Waals surface area (Å²) < 4.78 is 30.4. The van der Waals surface area contributed by atoms with Gasteiger partial charge in [0.15, 0.2) is 5.84 Å². The summed E-state index contributed by atoms with van der Waals surface area (Å²) in [7, 11) is -3.65. The van der Waals surface area contributed by atoms with Gasteiger partial charge in [-0.1, -0.05) is 41.9 Å². The standard InChI is InChI=1S/C23H22ClN5O3S/c24-19-7-3-1-5-17(19)15-29-21(9-12-25-29)26-23(30)16-10-13-28(14-11-16)22-18-6-2-4-8-20(18)33(31,32)27-22/h1-9,12,16H,10-11,13-15H2,(H,26,30). The van der Waals surface area contributed by atoms with Crippen molar-refractivity contribution in [2.45, 2.75) is 24.3 Å². The summed E-state index contributed by atoms with van der Waals surface area (Å²) in [5.41, 5.74) is 1.54. The zero-order chi connectivity index (χ0) is 23.0. The van der Waals surface area contributed by atoms with Crippen LogP contribution in [-0.2, 0) is 21.4 Å². The molecule has 170 valence electrons. The summed E-state index contributed by atoms with van der Waals surface area (Å²) >= 11 is 6.26. The number of halogens is 1. The number of amidine groups is 1. The number of carbonyl (C=O) groups is 1. The molecule has 33 heavy (non-hydrogen) atoms. The lowest BCUT2D eigenvalue weighted by molar-refractivity contribution is -0.121. The van der Waals surface area contributed by atoms with Gasteiger partial charge in [-0.15, -0.1) is 4.40 Å². The highest BCUT2D eigenvalue weighted by molar-refractivity contribution is 7.90. The molecule has 1 fully saturated rings. The minimum absolute atomic E-state index is 0.0723. The number of piperidine rings is 1. The van der Waals surface area contributed by atoms with Crippen molar-refractivity contribution in [1.82, 2.24) is 14.7 Å². The third kappa shape index (κ3) is 4.26. The van der Waals surface area contributed by atoms with Crippen molar-refractivity contribution in [2.24, 2.45) is 10.3 Å². The van der Waals surface area contributed by atoms with Crippen molar-refractivity contribution in [3.8, 4) is 0 Å². The summed E-state index contributed by atoms with van der Waals surface area (Å²) in [6.07, 6.45) is 2.85. The van der Waals surface area contributed by atoms with Crippen LogP contribution in [0, 0.1) is 5.92 Å². The van der Waals surface area contributed by atoms with Crippen molar-refractivity contribution in [3.63, 3.8) is 0 Å². The number of fused-ring (bicyclic) bond motifs is 1. The number of anilines is 1. The highest BCUT2D eigenvalue weighted by atomic mass is 35.5. The zero-order valence-corrected chi connectivity index (χ0v) is 19.3. The summed E-state index contributed by atoms with van der Waals surface area (Å²) in [5, 5.41) is 7.95. The topological polar surface area (TPSA) is 96.7 Å². The van der Waals surface area contributed by atoms with Crippen molar-refractivity contribution >= 4 is 39.2 Å². The third-order valence-electron chi connectivity index (χ3n) is 6.02. The van der Waals surface area contributed by atoms with Gasteiger partial charge >= 0.3 is 0 Å². The lowest BCUT2D eigenvalue weighted by atomic mass is 9.95. The van der Waals surface area contributed by atoms with Gasteiger partial charge in [0, 0.05) is 35.7 Å². The van der Waals surface area contributed by atoms with Gasteiger partial charge in [-0.05, 0) is 36.6 Å². The van der Waals surface area contributed by atoms with E-state index in [9.17, 15) is 13.2 Å². The van der Waals surface area contributed by atoms with Crippen LogP contribution < -0.4 is 5.32 Å². The number of hydrogen-bond acceptors (Lipinski definition) is 5. The molecule has 2 aromatic carbocycles. The number of rotatable bonds is 4. The third-order valence-corrected chi connectivity index (χ3v) is 7.72. The van der Waals surface area contributed by atoms with E-state index < -0.39 is 10.0 Å². The molecule has 8 nitrogen and oxygen atoms in total. The molecule has 0 unspecified atom stereocenters. The van der Waals surface area contributed by atoms with Crippen LogP contribution in [-0.4, -0.2) is 47.9 Å². The van der Waals surface area contributed by atoms with E-state index in [-0.39, 0.29) is 16.7 Å². The zero-order valence-electron chi connectivity index (χ0n) is 17.7. The Balaban J connectivity index is 1.23. The first-order chi connectivity index (χ1) is 15.9. The molecule has 1 N–H and O–H groups in total. The second-order valence-corrected chi connectivity index (χ2v) is 10.1. The molecule has 0 spiro atoms. The molecule has 1 saturated heterocycles. The number of nitrogens with zero attached hydrogens (tertiary/aromatic N) is 4. The van der Waals surface area contributed by atoms with E-state index in [1.54, 1.807) is 41.2 Å². The van der Waals surface area contributed by atoms with E-state index in [4.69, 9.17) is 11.6 Å². The fourth-order valence-corrected chi connectivity index (χ4v) is 5.67. The fraction of sp³-hybridized carbons (Fsp3) is 0.261. The predicted octanol–water partition coefficient (Wildman–Crippen LogP) is 3.38. The van der Waals surface area contributed by atoms with E-state index in [1.165, 1.54) is 0 Å². The minimum Gasteiger partial charge on any atom is -0.355 e. The first-order valence-corrected chi connectivity index (χ1v) is 12.5. The maximum absolute atomic E-state index is 12.9. The maximum atomic E-state index is 12.9. The molecule has 0 aliphatic carbocycles. The van der Waals surface area contributed by atoms with Gasteiger partial charge in [-0.3, -0.25) is 4.79 Å². The Morgan fingerprint density at radius 1 is 1.06 bits per heavy atom. The Labute approximate surface area is 196 Å². The van der Waals surface area contributed by atoms with Crippen molar-refractivity contribution < 1.29 is 13.2 Å². The van der Waals surface area contributed by atoms with Crippen LogP contribution in [0.25, 0.3) is 0 Å². The lowest BCUT2D eigenvalue weighted by Crippen LogP contribution is -2.41. The molecule has 0 atom stereocenters. The van der Waals surface area contributed by atoms with Gasteiger partial charge in [-0.25, -0.2) is 4.68 Å². The smallest absolute Gasteiger partial charge is 0.285 e. The normalized spacial score (nSPS) is 17.5. The number of amides is 1. The van der Waals surface area contributed by atoms with E-state index in [1.807, 2.05) is 29.2 Å². The Morgan fingerprint density at radius 2 is 1.79 bits per heavy atom. The molecule has 0 bridgehead atoms. The van der Waals surface area contributed by atoms with Crippen LogP contribution in [0.15, 0.2) is 70.1 Å². The van der Waals surface area contributed by atoms with Crippen LogP contribution in [0.4, 0.5) is 5.82 Å². The lowest BCUT2D eigenvalue weighted by Gasteiger charge is -2.32. The predicted molar refractivity (Wildman–Crippen MR) is 126 cm³/mol. The SMILES string of the molecule is O=C(Nc1ccnn1Cc1ccccc1Cl)C1CCN(C2=NS(=O)(=O)c3ccccc32)CC1. The number of sulfonamides is 1. The Kier molecular flexibility index (Phi) is 5.67. The van der Waals surface area contributed by atoms with E-state index in [2.05, 4.69) is 14.8 Å². The average molecular weight is 484 g/mol. The number of nitrogens with one attached hydrogen (secondary N) is 1. The summed E-state index contributed by atoms with van der Waals surface area (Å²) in [6.45, 7) is 1.56. The monoisotopic (exact) mass is 483 g/mol. The molecule has 3 heterocycles. The molecule has 1 amide bonds. The summed E-state index contributed by atoms with van der Waals surface area (Å²) in [6, 6.07) is 16.1. The highest BCUT2D eigenvalue weighted by Crippen LogP contribution is 2.30. The summed E-state index contributed by atoms with van der Waals surface area (Å²) in [5.74, 6) is 0.834.